The molecule has 0 saturated heterocycles. The van der Waals surface area contributed by atoms with Crippen LogP contribution >= 0.6 is 0 Å². The first-order valence-electron chi connectivity index (χ1n) is 9.60. The normalized spacial score (nSPS) is 11.3. The summed E-state index contributed by atoms with van der Waals surface area (Å²) in [4.78, 5) is 21.5. The number of fused-ring (bicyclic) bond motifs is 1. The maximum absolute atomic E-state index is 13.0. The quantitative estimate of drug-likeness (QED) is 0.542. The summed E-state index contributed by atoms with van der Waals surface area (Å²) in [7, 11) is 0. The molecule has 1 N–H and O–H groups in total. The average Bonchev–Trinajstić information content (AvgIpc) is 3.35. The van der Waals surface area contributed by atoms with Crippen molar-refractivity contribution in [3.8, 4) is 0 Å². The summed E-state index contributed by atoms with van der Waals surface area (Å²) in [5.74, 6) is 0.0156. The fraction of sp³-hybridized carbons (Fsp3) is 0.273. The van der Waals surface area contributed by atoms with E-state index in [1.54, 1.807) is 12.5 Å². The lowest BCUT2D eigenvalue weighted by molar-refractivity contribution is 0.0952. The van der Waals surface area contributed by atoms with E-state index in [4.69, 9.17) is 4.52 Å². The van der Waals surface area contributed by atoms with Gasteiger partial charge in [-0.2, -0.15) is 0 Å². The molecule has 0 bridgehead atoms. The fourth-order valence-electron chi connectivity index (χ4n) is 3.30. The molecule has 7 heteroatoms. The molecule has 0 fully saturated rings. The lowest BCUT2D eigenvalue weighted by Gasteiger charge is -2.11. The van der Waals surface area contributed by atoms with Crippen LogP contribution in [0.25, 0.3) is 11.1 Å². The second kappa shape index (κ2) is 7.87. The lowest BCUT2D eigenvalue weighted by Crippen LogP contribution is -2.23. The topological polar surface area (TPSA) is 85.8 Å². The number of hydrogen-bond acceptors (Lipinski definition) is 5. The monoisotopic (exact) mass is 389 g/mol. The number of carbonyl (C=O) groups excluding carboxylic acids is 1. The molecule has 3 heterocycles. The van der Waals surface area contributed by atoms with Gasteiger partial charge in [-0.05, 0) is 30.0 Å². The van der Waals surface area contributed by atoms with Gasteiger partial charge in [0.05, 0.1) is 23.0 Å². The fourth-order valence-corrected chi connectivity index (χ4v) is 3.30. The summed E-state index contributed by atoms with van der Waals surface area (Å²) in [6.45, 7) is 7.06. The standard InChI is InChI=1S/C22H23N5O2/c1-14(2)19-10-18(20-15(3)26-29-22(20)25-19)21(28)24-11-16-5-4-6-17(9-16)12-27-8-7-23-13-27/h4-10,13-14H,11-12H2,1-3H3,(H,24,28). The maximum atomic E-state index is 13.0. The van der Waals surface area contributed by atoms with Gasteiger partial charge in [-0.3, -0.25) is 4.79 Å². The van der Waals surface area contributed by atoms with Crippen molar-refractivity contribution in [2.24, 2.45) is 0 Å². The van der Waals surface area contributed by atoms with Gasteiger partial charge in [-0.1, -0.05) is 43.3 Å². The van der Waals surface area contributed by atoms with Gasteiger partial charge in [0, 0.05) is 31.2 Å². The summed E-state index contributed by atoms with van der Waals surface area (Å²) < 4.78 is 7.32. The van der Waals surface area contributed by atoms with Gasteiger partial charge in [-0.25, -0.2) is 9.97 Å². The molecule has 4 aromatic rings. The SMILES string of the molecule is Cc1noc2nc(C(C)C)cc(C(=O)NCc3cccc(Cn4ccnc4)c3)c12. The van der Waals surface area contributed by atoms with Gasteiger partial charge < -0.3 is 14.4 Å². The van der Waals surface area contributed by atoms with Crippen molar-refractivity contribution in [3.63, 3.8) is 0 Å². The highest BCUT2D eigenvalue weighted by molar-refractivity contribution is 6.06. The highest BCUT2D eigenvalue weighted by atomic mass is 16.5. The number of carbonyl (C=O) groups is 1. The van der Waals surface area contributed by atoms with Crippen LogP contribution in [0.2, 0.25) is 0 Å². The van der Waals surface area contributed by atoms with Gasteiger partial charge in [0.15, 0.2) is 0 Å². The molecule has 0 radical (unpaired) electrons. The van der Waals surface area contributed by atoms with E-state index in [1.807, 2.05) is 49.7 Å². The minimum absolute atomic E-state index is 0.161. The molecule has 0 spiro atoms. The number of nitrogens with zero attached hydrogens (tertiary/aromatic N) is 4. The molecule has 0 aliphatic rings. The summed E-state index contributed by atoms with van der Waals surface area (Å²) >= 11 is 0. The lowest BCUT2D eigenvalue weighted by atomic mass is 10.0. The molecule has 0 aliphatic carbocycles. The number of rotatable bonds is 6. The van der Waals surface area contributed by atoms with E-state index >= 15 is 0 Å². The van der Waals surface area contributed by atoms with Gasteiger partial charge in [-0.15, -0.1) is 0 Å². The summed E-state index contributed by atoms with van der Waals surface area (Å²) in [5, 5.41) is 7.67. The summed E-state index contributed by atoms with van der Waals surface area (Å²) in [6, 6.07) is 9.99. The molecule has 3 aromatic heterocycles. The van der Waals surface area contributed by atoms with Crippen molar-refractivity contribution in [2.45, 2.75) is 39.8 Å². The Kier molecular flexibility index (Phi) is 5.12. The number of aromatic nitrogens is 4. The molecule has 1 amide bonds. The van der Waals surface area contributed by atoms with Gasteiger partial charge >= 0.3 is 0 Å². The van der Waals surface area contributed by atoms with Crippen molar-refractivity contribution < 1.29 is 9.32 Å². The smallest absolute Gasteiger partial charge is 0.259 e. The Morgan fingerprint density at radius 1 is 1.24 bits per heavy atom. The van der Waals surface area contributed by atoms with Crippen molar-refractivity contribution in [1.29, 1.82) is 0 Å². The Morgan fingerprint density at radius 2 is 2.07 bits per heavy atom. The Morgan fingerprint density at radius 3 is 2.83 bits per heavy atom. The van der Waals surface area contributed by atoms with E-state index in [-0.39, 0.29) is 11.8 Å². The Balaban J connectivity index is 1.54. The number of aryl methyl sites for hydroxylation is 1. The first kappa shape index (κ1) is 18.9. The van der Waals surface area contributed by atoms with Crippen molar-refractivity contribution in [2.75, 3.05) is 0 Å². The molecule has 0 unspecified atom stereocenters. The molecular weight excluding hydrogens is 366 g/mol. The highest BCUT2D eigenvalue weighted by Gasteiger charge is 2.19. The van der Waals surface area contributed by atoms with E-state index in [1.165, 1.54) is 0 Å². The zero-order valence-electron chi connectivity index (χ0n) is 16.7. The first-order valence-corrected chi connectivity index (χ1v) is 9.60. The molecule has 4 rings (SSSR count). The third-order valence-electron chi connectivity index (χ3n) is 4.84. The van der Waals surface area contributed by atoms with Crippen LogP contribution in [0.5, 0.6) is 0 Å². The Hall–Kier alpha value is -3.48. The molecule has 0 atom stereocenters. The minimum atomic E-state index is -0.161. The largest absolute Gasteiger partial charge is 0.348 e. The Bertz CT molecular complexity index is 1150. The van der Waals surface area contributed by atoms with Crippen LogP contribution in [0.1, 0.15) is 52.6 Å². The van der Waals surface area contributed by atoms with E-state index in [9.17, 15) is 4.79 Å². The van der Waals surface area contributed by atoms with Crippen molar-refractivity contribution in [1.82, 2.24) is 25.0 Å². The molecule has 29 heavy (non-hydrogen) atoms. The molecule has 148 valence electrons. The zero-order chi connectivity index (χ0) is 20.4. The second-order valence-electron chi connectivity index (χ2n) is 7.44. The number of benzene rings is 1. The van der Waals surface area contributed by atoms with Crippen LogP contribution in [0.15, 0.2) is 53.6 Å². The zero-order valence-corrected chi connectivity index (χ0v) is 16.7. The van der Waals surface area contributed by atoms with Gasteiger partial charge in [0.2, 0.25) is 0 Å². The molecular formula is C22H23N5O2. The number of nitrogens with one attached hydrogen (secondary N) is 1. The van der Waals surface area contributed by atoms with Crippen LogP contribution in [-0.4, -0.2) is 25.6 Å². The minimum Gasteiger partial charge on any atom is -0.348 e. The van der Waals surface area contributed by atoms with E-state index in [2.05, 4.69) is 32.6 Å². The van der Waals surface area contributed by atoms with Gasteiger partial charge in [0.25, 0.3) is 11.6 Å². The van der Waals surface area contributed by atoms with Crippen molar-refractivity contribution in [3.05, 3.63) is 77.1 Å². The average molecular weight is 389 g/mol. The number of pyridine rings is 1. The predicted octanol–water partition coefficient (Wildman–Crippen LogP) is 3.83. The third kappa shape index (κ3) is 4.03. The summed E-state index contributed by atoms with van der Waals surface area (Å²) in [5.41, 5.74) is 4.61. The van der Waals surface area contributed by atoms with Crippen LogP contribution in [0, 0.1) is 6.92 Å². The van der Waals surface area contributed by atoms with E-state index < -0.39 is 0 Å². The number of amides is 1. The van der Waals surface area contributed by atoms with Crippen LogP contribution in [-0.2, 0) is 13.1 Å². The van der Waals surface area contributed by atoms with Crippen LogP contribution < -0.4 is 5.32 Å². The highest BCUT2D eigenvalue weighted by Crippen LogP contribution is 2.25. The van der Waals surface area contributed by atoms with Crippen molar-refractivity contribution >= 4 is 17.0 Å². The molecule has 0 saturated carbocycles. The number of hydrogen-bond donors (Lipinski definition) is 1. The number of imidazole rings is 1. The first-order chi connectivity index (χ1) is 14.0. The molecule has 7 nitrogen and oxygen atoms in total. The molecule has 0 aliphatic heterocycles. The van der Waals surface area contributed by atoms with E-state index in [0.29, 0.717) is 28.9 Å². The van der Waals surface area contributed by atoms with E-state index in [0.717, 1.165) is 23.4 Å². The Labute approximate surface area is 168 Å². The summed E-state index contributed by atoms with van der Waals surface area (Å²) in [6.07, 6.45) is 5.48. The second-order valence-corrected chi connectivity index (χ2v) is 7.44. The third-order valence-corrected chi connectivity index (χ3v) is 4.84. The predicted molar refractivity (Wildman–Crippen MR) is 110 cm³/mol. The molecule has 1 aromatic carbocycles. The van der Waals surface area contributed by atoms with Gasteiger partial charge in [0.1, 0.15) is 0 Å². The van der Waals surface area contributed by atoms with Crippen LogP contribution in [0.3, 0.4) is 0 Å². The van der Waals surface area contributed by atoms with Crippen LogP contribution in [0.4, 0.5) is 0 Å². The maximum Gasteiger partial charge on any atom is 0.259 e.